The minimum atomic E-state index is -0.650. The summed E-state index contributed by atoms with van der Waals surface area (Å²) in [5, 5.41) is 2.60. The van der Waals surface area contributed by atoms with Gasteiger partial charge in [-0.2, -0.15) is 0 Å². The Balaban J connectivity index is 2.27. The van der Waals surface area contributed by atoms with Gasteiger partial charge in [0, 0.05) is 17.3 Å². The molecular weight excluding hydrogens is 378 g/mol. The first-order chi connectivity index (χ1) is 13.9. The van der Waals surface area contributed by atoms with Crippen molar-refractivity contribution in [2.45, 2.75) is 0 Å². The molecule has 1 amide bonds. The van der Waals surface area contributed by atoms with Crippen molar-refractivity contribution < 1.29 is 33.3 Å². The highest BCUT2D eigenvalue weighted by Crippen LogP contribution is 2.31. The van der Waals surface area contributed by atoms with Gasteiger partial charge < -0.3 is 24.3 Å². The summed E-state index contributed by atoms with van der Waals surface area (Å²) in [6.07, 6.45) is 2.85. The summed E-state index contributed by atoms with van der Waals surface area (Å²) in [5.41, 5.74) is 1.08. The second-order valence-corrected chi connectivity index (χ2v) is 5.69. The first-order valence-electron chi connectivity index (χ1n) is 8.45. The standard InChI is InChI=1S/C21H21NO7/c1-26-17-7-5-6-13(19(17)27-2)8-9-18(23)22-16-11-14(20(24)28-3)10-15(12-16)21(25)29-4/h5-12H,1-4H3,(H,22,23)/b9-8+. The number of nitrogens with one attached hydrogen (secondary N) is 1. The number of ether oxygens (including phenoxy) is 4. The Labute approximate surface area is 168 Å². The largest absolute Gasteiger partial charge is 0.493 e. The number of methoxy groups -OCH3 is 4. The van der Waals surface area contributed by atoms with Crippen LogP contribution >= 0.6 is 0 Å². The van der Waals surface area contributed by atoms with Crippen LogP contribution in [0.5, 0.6) is 11.5 Å². The van der Waals surface area contributed by atoms with Crippen molar-refractivity contribution in [2.75, 3.05) is 33.8 Å². The van der Waals surface area contributed by atoms with Gasteiger partial charge >= 0.3 is 11.9 Å². The monoisotopic (exact) mass is 399 g/mol. The van der Waals surface area contributed by atoms with Crippen LogP contribution in [-0.4, -0.2) is 46.3 Å². The van der Waals surface area contributed by atoms with Crippen LogP contribution in [-0.2, 0) is 14.3 Å². The smallest absolute Gasteiger partial charge is 0.337 e. The molecule has 2 rings (SSSR count). The molecule has 0 radical (unpaired) electrons. The molecule has 2 aromatic carbocycles. The SMILES string of the molecule is COC(=O)c1cc(NC(=O)/C=C/c2cccc(OC)c2OC)cc(C(=O)OC)c1. The third-order valence-corrected chi connectivity index (χ3v) is 3.89. The molecule has 0 aromatic heterocycles. The van der Waals surface area contributed by atoms with Crippen LogP contribution in [0.3, 0.4) is 0 Å². The summed E-state index contributed by atoms with van der Waals surface area (Å²) in [6.45, 7) is 0. The van der Waals surface area contributed by atoms with E-state index in [1.807, 2.05) is 0 Å². The number of rotatable bonds is 7. The van der Waals surface area contributed by atoms with E-state index in [-0.39, 0.29) is 16.8 Å². The number of carbonyl (C=O) groups is 3. The number of hydrogen-bond acceptors (Lipinski definition) is 7. The quantitative estimate of drug-likeness (QED) is 0.564. The van der Waals surface area contributed by atoms with E-state index in [0.29, 0.717) is 17.1 Å². The molecule has 0 aliphatic rings. The van der Waals surface area contributed by atoms with Crippen molar-refractivity contribution in [1.29, 1.82) is 0 Å². The fourth-order valence-corrected chi connectivity index (χ4v) is 2.56. The summed E-state index contributed by atoms with van der Waals surface area (Å²) in [5.74, 6) is -0.762. The second kappa shape index (κ2) is 9.93. The molecule has 0 bridgehead atoms. The summed E-state index contributed by atoms with van der Waals surface area (Å²) in [4.78, 5) is 36.0. The Morgan fingerprint density at radius 3 is 2.00 bits per heavy atom. The lowest BCUT2D eigenvalue weighted by molar-refractivity contribution is -0.111. The summed E-state index contributed by atoms with van der Waals surface area (Å²) in [6, 6.07) is 9.39. The van der Waals surface area contributed by atoms with E-state index >= 15 is 0 Å². The summed E-state index contributed by atoms with van der Waals surface area (Å²) in [7, 11) is 5.46. The number of hydrogen-bond donors (Lipinski definition) is 1. The molecule has 2 aromatic rings. The molecule has 0 saturated carbocycles. The van der Waals surface area contributed by atoms with Gasteiger partial charge in [0.2, 0.25) is 5.91 Å². The number of amides is 1. The zero-order valence-electron chi connectivity index (χ0n) is 16.5. The molecule has 8 nitrogen and oxygen atoms in total. The number of benzene rings is 2. The third-order valence-electron chi connectivity index (χ3n) is 3.89. The van der Waals surface area contributed by atoms with Crippen molar-refractivity contribution in [2.24, 2.45) is 0 Å². The molecule has 1 N–H and O–H groups in total. The highest BCUT2D eigenvalue weighted by atomic mass is 16.5. The van der Waals surface area contributed by atoms with Crippen LogP contribution in [0.4, 0.5) is 5.69 Å². The normalized spacial score (nSPS) is 10.3. The highest BCUT2D eigenvalue weighted by Gasteiger charge is 2.14. The molecule has 152 valence electrons. The van der Waals surface area contributed by atoms with Gasteiger partial charge in [-0.25, -0.2) is 9.59 Å². The zero-order chi connectivity index (χ0) is 21.4. The van der Waals surface area contributed by atoms with E-state index < -0.39 is 17.8 Å². The van der Waals surface area contributed by atoms with Gasteiger partial charge in [0.1, 0.15) is 0 Å². The van der Waals surface area contributed by atoms with Crippen molar-refractivity contribution in [3.8, 4) is 11.5 Å². The van der Waals surface area contributed by atoms with Crippen molar-refractivity contribution >= 4 is 29.6 Å². The van der Waals surface area contributed by atoms with Gasteiger partial charge in [0.15, 0.2) is 11.5 Å². The second-order valence-electron chi connectivity index (χ2n) is 5.69. The fourth-order valence-electron chi connectivity index (χ4n) is 2.56. The predicted molar refractivity (Wildman–Crippen MR) is 106 cm³/mol. The predicted octanol–water partition coefficient (Wildman–Crippen LogP) is 2.93. The maximum atomic E-state index is 12.3. The molecule has 0 atom stereocenters. The highest BCUT2D eigenvalue weighted by molar-refractivity contribution is 6.04. The van der Waals surface area contributed by atoms with Crippen molar-refractivity contribution in [3.05, 3.63) is 59.2 Å². The summed E-state index contributed by atoms with van der Waals surface area (Å²) < 4.78 is 19.9. The molecule has 0 aliphatic heterocycles. The maximum absolute atomic E-state index is 12.3. The van der Waals surface area contributed by atoms with E-state index in [0.717, 1.165) is 0 Å². The number of para-hydroxylation sites is 1. The first-order valence-corrected chi connectivity index (χ1v) is 8.45. The lowest BCUT2D eigenvalue weighted by atomic mass is 10.1. The van der Waals surface area contributed by atoms with Crippen molar-refractivity contribution in [1.82, 2.24) is 0 Å². The molecule has 8 heteroatoms. The van der Waals surface area contributed by atoms with E-state index in [1.165, 1.54) is 52.7 Å². The average molecular weight is 399 g/mol. The Morgan fingerprint density at radius 1 is 0.862 bits per heavy atom. The molecular formula is C21H21NO7. The Bertz CT molecular complexity index is 916. The van der Waals surface area contributed by atoms with E-state index in [9.17, 15) is 14.4 Å². The van der Waals surface area contributed by atoms with Crippen LogP contribution in [0.2, 0.25) is 0 Å². The van der Waals surface area contributed by atoms with Gasteiger partial charge in [-0.15, -0.1) is 0 Å². The van der Waals surface area contributed by atoms with E-state index in [4.69, 9.17) is 9.47 Å². The molecule has 0 aliphatic carbocycles. The van der Waals surface area contributed by atoms with Crippen LogP contribution in [0.1, 0.15) is 26.3 Å². The fraction of sp³-hybridized carbons (Fsp3) is 0.190. The van der Waals surface area contributed by atoms with E-state index in [2.05, 4.69) is 14.8 Å². The summed E-state index contributed by atoms with van der Waals surface area (Å²) >= 11 is 0. The Morgan fingerprint density at radius 2 is 1.48 bits per heavy atom. The number of carbonyl (C=O) groups excluding carboxylic acids is 3. The lowest BCUT2D eigenvalue weighted by Crippen LogP contribution is -2.12. The number of anilines is 1. The maximum Gasteiger partial charge on any atom is 0.337 e. The molecule has 0 fully saturated rings. The lowest BCUT2D eigenvalue weighted by Gasteiger charge is -2.10. The molecule has 0 heterocycles. The van der Waals surface area contributed by atoms with Crippen LogP contribution in [0.25, 0.3) is 6.08 Å². The number of esters is 2. The Hall–Kier alpha value is -3.81. The van der Waals surface area contributed by atoms with Gasteiger partial charge in [-0.3, -0.25) is 4.79 Å². The van der Waals surface area contributed by atoms with Gasteiger partial charge in [0.05, 0.1) is 39.6 Å². The third kappa shape index (κ3) is 5.35. The zero-order valence-corrected chi connectivity index (χ0v) is 16.5. The van der Waals surface area contributed by atoms with E-state index in [1.54, 1.807) is 24.3 Å². The van der Waals surface area contributed by atoms with Crippen molar-refractivity contribution in [3.63, 3.8) is 0 Å². The average Bonchev–Trinajstić information content (AvgIpc) is 2.75. The van der Waals surface area contributed by atoms with Gasteiger partial charge in [0.25, 0.3) is 0 Å². The molecule has 0 unspecified atom stereocenters. The molecule has 29 heavy (non-hydrogen) atoms. The van der Waals surface area contributed by atoms with Crippen LogP contribution < -0.4 is 14.8 Å². The van der Waals surface area contributed by atoms with Crippen LogP contribution in [0, 0.1) is 0 Å². The first kappa shape index (κ1) is 21.5. The minimum absolute atomic E-state index is 0.101. The van der Waals surface area contributed by atoms with Crippen LogP contribution in [0.15, 0.2) is 42.5 Å². The Kier molecular flexibility index (Phi) is 7.36. The molecule has 0 saturated heterocycles. The van der Waals surface area contributed by atoms with Gasteiger partial charge in [-0.1, -0.05) is 12.1 Å². The minimum Gasteiger partial charge on any atom is -0.493 e. The molecule has 0 spiro atoms. The topological polar surface area (TPSA) is 100 Å². The van der Waals surface area contributed by atoms with Gasteiger partial charge in [-0.05, 0) is 30.3 Å².